The van der Waals surface area contributed by atoms with E-state index in [2.05, 4.69) is 31.3 Å². The standard InChI is InChI=1S/C20H16BrN5O2/c21-15-5-3-4-14(10-15)11-26-18(8-9-23-26)24-19(27)12-25-13-22-17-7-2-1-6-16(17)20(25)28/h1-10,13H,11-12H2,(H,24,27). The maximum Gasteiger partial charge on any atom is 0.261 e. The molecule has 0 saturated heterocycles. The number of aromatic nitrogens is 4. The Balaban J connectivity index is 1.50. The number of amides is 1. The van der Waals surface area contributed by atoms with Crippen molar-refractivity contribution in [1.29, 1.82) is 0 Å². The number of hydrogen-bond acceptors (Lipinski definition) is 4. The Bertz CT molecular complexity index is 1210. The maximum absolute atomic E-state index is 12.5. The van der Waals surface area contributed by atoms with Gasteiger partial charge in [-0.3, -0.25) is 14.2 Å². The molecule has 7 nitrogen and oxygen atoms in total. The highest BCUT2D eigenvalue weighted by molar-refractivity contribution is 9.10. The van der Waals surface area contributed by atoms with Gasteiger partial charge in [-0.1, -0.05) is 40.2 Å². The number of fused-ring (bicyclic) bond motifs is 1. The molecule has 4 rings (SSSR count). The van der Waals surface area contributed by atoms with Crippen molar-refractivity contribution in [3.63, 3.8) is 0 Å². The van der Waals surface area contributed by atoms with Crippen LogP contribution in [0.5, 0.6) is 0 Å². The van der Waals surface area contributed by atoms with E-state index in [9.17, 15) is 9.59 Å². The molecule has 0 aliphatic heterocycles. The Morgan fingerprint density at radius 2 is 1.96 bits per heavy atom. The second-order valence-electron chi connectivity index (χ2n) is 6.25. The van der Waals surface area contributed by atoms with E-state index in [-0.39, 0.29) is 18.0 Å². The van der Waals surface area contributed by atoms with Gasteiger partial charge in [-0.2, -0.15) is 5.10 Å². The first-order valence-electron chi connectivity index (χ1n) is 8.60. The molecule has 0 atom stereocenters. The first-order chi connectivity index (χ1) is 13.6. The van der Waals surface area contributed by atoms with E-state index in [1.807, 2.05) is 30.3 Å². The average molecular weight is 438 g/mol. The highest BCUT2D eigenvalue weighted by Crippen LogP contribution is 2.15. The summed E-state index contributed by atoms with van der Waals surface area (Å²) in [6, 6.07) is 16.6. The number of nitrogens with one attached hydrogen (secondary N) is 1. The van der Waals surface area contributed by atoms with Gasteiger partial charge < -0.3 is 5.32 Å². The average Bonchev–Trinajstić information content (AvgIpc) is 3.11. The summed E-state index contributed by atoms with van der Waals surface area (Å²) in [4.78, 5) is 29.2. The molecule has 0 bridgehead atoms. The number of benzene rings is 2. The molecule has 0 aliphatic rings. The topological polar surface area (TPSA) is 81.8 Å². The van der Waals surface area contributed by atoms with Crippen molar-refractivity contribution in [2.24, 2.45) is 0 Å². The summed E-state index contributed by atoms with van der Waals surface area (Å²) in [6.07, 6.45) is 3.01. The zero-order valence-corrected chi connectivity index (χ0v) is 16.3. The Morgan fingerprint density at radius 1 is 1.11 bits per heavy atom. The summed E-state index contributed by atoms with van der Waals surface area (Å²) >= 11 is 3.45. The van der Waals surface area contributed by atoms with Gasteiger partial charge in [0.05, 0.1) is 30.0 Å². The summed E-state index contributed by atoms with van der Waals surface area (Å²) in [5.41, 5.74) is 1.41. The lowest BCUT2D eigenvalue weighted by atomic mass is 10.2. The number of para-hydroxylation sites is 1. The largest absolute Gasteiger partial charge is 0.309 e. The van der Waals surface area contributed by atoms with Crippen LogP contribution in [0.25, 0.3) is 10.9 Å². The highest BCUT2D eigenvalue weighted by atomic mass is 79.9. The Morgan fingerprint density at radius 3 is 2.82 bits per heavy atom. The lowest BCUT2D eigenvalue weighted by Crippen LogP contribution is -2.28. The number of carbonyl (C=O) groups excluding carboxylic acids is 1. The van der Waals surface area contributed by atoms with Crippen molar-refractivity contribution in [3.05, 3.63) is 87.5 Å². The van der Waals surface area contributed by atoms with E-state index in [0.29, 0.717) is 23.3 Å². The van der Waals surface area contributed by atoms with Crippen molar-refractivity contribution < 1.29 is 4.79 Å². The van der Waals surface area contributed by atoms with Gasteiger partial charge >= 0.3 is 0 Å². The van der Waals surface area contributed by atoms with E-state index < -0.39 is 0 Å². The van der Waals surface area contributed by atoms with Gasteiger partial charge in [-0.05, 0) is 29.8 Å². The Kier molecular flexibility index (Phi) is 5.03. The lowest BCUT2D eigenvalue weighted by molar-refractivity contribution is -0.116. The predicted octanol–water partition coefficient (Wildman–Crippen LogP) is 3.04. The monoisotopic (exact) mass is 437 g/mol. The molecule has 140 valence electrons. The van der Waals surface area contributed by atoms with Crippen molar-refractivity contribution in [3.8, 4) is 0 Å². The molecular weight excluding hydrogens is 422 g/mol. The van der Waals surface area contributed by atoms with Crippen LogP contribution in [0.15, 0.2) is 76.4 Å². The minimum absolute atomic E-state index is 0.126. The zero-order valence-electron chi connectivity index (χ0n) is 14.7. The third kappa shape index (κ3) is 3.86. The summed E-state index contributed by atoms with van der Waals surface area (Å²) in [5, 5.41) is 7.56. The molecule has 0 saturated carbocycles. The van der Waals surface area contributed by atoms with Gasteiger partial charge in [0, 0.05) is 10.5 Å². The Hall–Kier alpha value is -3.26. The minimum Gasteiger partial charge on any atom is -0.309 e. The van der Waals surface area contributed by atoms with Crippen LogP contribution >= 0.6 is 15.9 Å². The van der Waals surface area contributed by atoms with Crippen LogP contribution in [0, 0.1) is 0 Å². The normalized spacial score (nSPS) is 10.9. The van der Waals surface area contributed by atoms with Crippen molar-refractivity contribution in [2.75, 3.05) is 5.32 Å². The Labute approximate surface area is 168 Å². The fourth-order valence-corrected chi connectivity index (χ4v) is 3.38. The van der Waals surface area contributed by atoms with Gasteiger partial charge in [0.15, 0.2) is 0 Å². The van der Waals surface area contributed by atoms with E-state index in [4.69, 9.17) is 0 Å². The van der Waals surface area contributed by atoms with Crippen molar-refractivity contribution in [1.82, 2.24) is 19.3 Å². The number of halogens is 1. The lowest BCUT2D eigenvalue weighted by Gasteiger charge is -2.10. The van der Waals surface area contributed by atoms with Gasteiger partial charge in [-0.25, -0.2) is 9.67 Å². The molecule has 2 aromatic heterocycles. The fourth-order valence-electron chi connectivity index (χ4n) is 2.93. The molecule has 0 fully saturated rings. The molecule has 28 heavy (non-hydrogen) atoms. The van der Waals surface area contributed by atoms with Gasteiger partial charge in [0.25, 0.3) is 5.56 Å². The van der Waals surface area contributed by atoms with Gasteiger partial charge in [0.2, 0.25) is 5.91 Å². The molecule has 0 unspecified atom stereocenters. The van der Waals surface area contributed by atoms with Crippen molar-refractivity contribution in [2.45, 2.75) is 13.1 Å². The maximum atomic E-state index is 12.5. The number of carbonyl (C=O) groups is 1. The summed E-state index contributed by atoms with van der Waals surface area (Å²) in [5.74, 6) is 0.238. The molecule has 8 heteroatoms. The molecule has 1 N–H and O–H groups in total. The van der Waals surface area contributed by atoms with Crippen LogP contribution in [0.4, 0.5) is 5.82 Å². The van der Waals surface area contributed by atoms with Crippen LogP contribution < -0.4 is 10.9 Å². The van der Waals surface area contributed by atoms with Crippen LogP contribution in [-0.4, -0.2) is 25.2 Å². The fraction of sp³-hybridized carbons (Fsp3) is 0.100. The molecule has 0 radical (unpaired) electrons. The highest BCUT2D eigenvalue weighted by Gasteiger charge is 2.11. The number of nitrogens with zero attached hydrogens (tertiary/aromatic N) is 4. The van der Waals surface area contributed by atoms with Gasteiger partial charge in [-0.15, -0.1) is 0 Å². The van der Waals surface area contributed by atoms with Crippen LogP contribution in [-0.2, 0) is 17.9 Å². The second-order valence-corrected chi connectivity index (χ2v) is 7.16. The van der Waals surface area contributed by atoms with E-state index in [0.717, 1.165) is 10.0 Å². The molecule has 2 aromatic carbocycles. The van der Waals surface area contributed by atoms with Crippen LogP contribution in [0.3, 0.4) is 0 Å². The third-order valence-corrected chi connectivity index (χ3v) is 4.74. The number of rotatable bonds is 5. The quantitative estimate of drug-likeness (QED) is 0.520. The number of anilines is 1. The first kappa shape index (κ1) is 18.1. The summed E-state index contributed by atoms with van der Waals surface area (Å²) < 4.78 is 3.97. The first-order valence-corrected chi connectivity index (χ1v) is 9.40. The predicted molar refractivity (Wildman–Crippen MR) is 110 cm³/mol. The molecular formula is C20H16BrN5O2. The van der Waals surface area contributed by atoms with Crippen LogP contribution in [0.2, 0.25) is 0 Å². The summed E-state index contributed by atoms with van der Waals surface area (Å²) in [7, 11) is 0. The molecule has 0 aliphatic carbocycles. The van der Waals surface area contributed by atoms with E-state index in [1.165, 1.54) is 10.9 Å². The second kappa shape index (κ2) is 7.77. The van der Waals surface area contributed by atoms with E-state index in [1.54, 1.807) is 35.1 Å². The van der Waals surface area contributed by atoms with Gasteiger partial charge in [0.1, 0.15) is 12.4 Å². The number of hydrogen-bond donors (Lipinski definition) is 1. The smallest absolute Gasteiger partial charge is 0.261 e. The van der Waals surface area contributed by atoms with Crippen LogP contribution in [0.1, 0.15) is 5.56 Å². The summed E-state index contributed by atoms with van der Waals surface area (Å²) in [6.45, 7) is 0.387. The van der Waals surface area contributed by atoms with Crippen molar-refractivity contribution >= 4 is 38.6 Å². The minimum atomic E-state index is -0.324. The molecule has 0 spiro atoms. The van der Waals surface area contributed by atoms with E-state index >= 15 is 0 Å². The molecule has 1 amide bonds. The zero-order chi connectivity index (χ0) is 19.5. The third-order valence-electron chi connectivity index (χ3n) is 4.25. The SMILES string of the molecule is O=C(Cn1cnc2ccccc2c1=O)Nc1ccnn1Cc1cccc(Br)c1. The molecule has 4 aromatic rings. The molecule has 2 heterocycles.